The van der Waals surface area contributed by atoms with E-state index in [2.05, 4.69) is 11.1 Å². The molecule has 0 spiro atoms. The highest BCUT2D eigenvalue weighted by Gasteiger charge is 2.31. The van der Waals surface area contributed by atoms with E-state index in [0.29, 0.717) is 30.4 Å². The number of amides is 1. The lowest BCUT2D eigenvalue weighted by Crippen LogP contribution is -2.36. The van der Waals surface area contributed by atoms with E-state index in [1.807, 2.05) is 18.2 Å². The normalized spacial score (nSPS) is 14.5. The van der Waals surface area contributed by atoms with Gasteiger partial charge in [-0.2, -0.15) is 0 Å². The Morgan fingerprint density at radius 3 is 2.75 bits per heavy atom. The van der Waals surface area contributed by atoms with Crippen LogP contribution in [0.1, 0.15) is 46.6 Å². The summed E-state index contributed by atoms with van der Waals surface area (Å²) in [6.07, 6.45) is 0.781. The molecule has 0 fully saturated rings. The van der Waals surface area contributed by atoms with Gasteiger partial charge < -0.3 is 23.8 Å². The number of rotatable bonds is 4. The van der Waals surface area contributed by atoms with Crippen molar-refractivity contribution in [1.82, 2.24) is 9.88 Å². The summed E-state index contributed by atoms with van der Waals surface area (Å²) in [7, 11) is 0. The van der Waals surface area contributed by atoms with E-state index >= 15 is 0 Å². The number of nitrogens with one attached hydrogen (secondary N) is 1. The monoisotopic (exact) mass is 432 g/mol. The van der Waals surface area contributed by atoms with Crippen LogP contribution in [-0.2, 0) is 17.8 Å². The average Bonchev–Trinajstić information content (AvgIpc) is 3.37. The van der Waals surface area contributed by atoms with Crippen molar-refractivity contribution in [2.24, 2.45) is 0 Å². The Labute approximate surface area is 184 Å². The van der Waals surface area contributed by atoms with E-state index < -0.39 is 17.1 Å². The Hall–Kier alpha value is -3.74. The summed E-state index contributed by atoms with van der Waals surface area (Å²) >= 11 is 0. The van der Waals surface area contributed by atoms with E-state index in [1.165, 1.54) is 17.0 Å². The Bertz CT molecular complexity index is 1380. The minimum absolute atomic E-state index is 0.0163. The second-order valence-electron chi connectivity index (χ2n) is 8.33. The van der Waals surface area contributed by atoms with E-state index in [1.54, 1.807) is 30.9 Å². The number of carbonyl (C=O) groups is 1. The molecule has 4 aromatic rings. The van der Waals surface area contributed by atoms with Crippen molar-refractivity contribution >= 4 is 16.8 Å². The van der Waals surface area contributed by atoms with Crippen molar-refractivity contribution in [2.75, 3.05) is 6.54 Å². The molecule has 2 N–H and O–H groups in total. The number of para-hydroxylation sites is 1. The fourth-order valence-corrected chi connectivity index (χ4v) is 4.53. The third kappa shape index (κ3) is 3.49. The zero-order chi connectivity index (χ0) is 22.4. The van der Waals surface area contributed by atoms with Crippen LogP contribution in [0.2, 0.25) is 0 Å². The Morgan fingerprint density at radius 1 is 1.16 bits per heavy atom. The number of furan rings is 1. The number of hydrogen-bond donors (Lipinski definition) is 2. The number of carbonyl (C=O) groups excluding carboxylic acids is 1. The van der Waals surface area contributed by atoms with Crippen LogP contribution in [0.15, 0.2) is 56.1 Å². The van der Waals surface area contributed by atoms with Gasteiger partial charge in [0.2, 0.25) is 17.1 Å². The molecule has 0 saturated heterocycles. The van der Waals surface area contributed by atoms with Gasteiger partial charge in [0.25, 0.3) is 0 Å². The molecule has 1 atom stereocenters. The maximum Gasteiger partial charge on any atom is 0.227 e. The second kappa shape index (κ2) is 7.75. The molecule has 32 heavy (non-hydrogen) atoms. The zero-order valence-electron chi connectivity index (χ0n) is 18.0. The topological polar surface area (TPSA) is 99.7 Å². The number of H-pyrrole nitrogens is 1. The third-order valence-corrected chi connectivity index (χ3v) is 6.11. The molecule has 1 aliphatic heterocycles. The van der Waals surface area contributed by atoms with Crippen molar-refractivity contribution in [3.8, 4) is 5.75 Å². The Kier molecular flexibility index (Phi) is 4.89. The lowest BCUT2D eigenvalue weighted by atomic mass is 9.96. The van der Waals surface area contributed by atoms with Crippen LogP contribution in [-0.4, -0.2) is 27.4 Å². The van der Waals surface area contributed by atoms with Crippen molar-refractivity contribution in [3.05, 3.63) is 87.0 Å². The second-order valence-corrected chi connectivity index (χ2v) is 8.33. The number of fused-ring (bicyclic) bond motifs is 3. The van der Waals surface area contributed by atoms with E-state index in [9.17, 15) is 14.7 Å². The molecule has 164 valence electrons. The first-order chi connectivity index (χ1) is 15.4. The molecule has 0 radical (unpaired) electrons. The predicted molar refractivity (Wildman–Crippen MR) is 119 cm³/mol. The highest BCUT2D eigenvalue weighted by molar-refractivity contribution is 5.85. The summed E-state index contributed by atoms with van der Waals surface area (Å²) < 4.78 is 11.5. The third-order valence-electron chi connectivity index (χ3n) is 6.11. The number of benzene rings is 1. The number of aryl methyl sites for hydroxylation is 2. The summed E-state index contributed by atoms with van der Waals surface area (Å²) in [4.78, 5) is 30.7. The van der Waals surface area contributed by atoms with Crippen molar-refractivity contribution in [1.29, 1.82) is 0 Å². The van der Waals surface area contributed by atoms with Crippen LogP contribution in [0.5, 0.6) is 5.75 Å². The van der Waals surface area contributed by atoms with Crippen LogP contribution in [0.25, 0.3) is 10.9 Å². The van der Waals surface area contributed by atoms with Gasteiger partial charge in [0, 0.05) is 35.6 Å². The molecule has 7 heteroatoms. The summed E-state index contributed by atoms with van der Waals surface area (Å²) in [5.74, 6) is 0.282. The fraction of sp³-hybridized carbons (Fsp3) is 0.280. The lowest BCUT2D eigenvalue weighted by molar-refractivity contribution is -0.132. The van der Waals surface area contributed by atoms with Crippen molar-refractivity contribution in [2.45, 2.75) is 39.2 Å². The van der Waals surface area contributed by atoms with Crippen LogP contribution < -0.4 is 5.43 Å². The van der Waals surface area contributed by atoms with Gasteiger partial charge in [0.15, 0.2) is 5.76 Å². The van der Waals surface area contributed by atoms with Gasteiger partial charge in [-0.25, -0.2) is 0 Å². The number of nitrogens with zero attached hydrogens (tertiary/aromatic N) is 1. The van der Waals surface area contributed by atoms with Gasteiger partial charge in [-0.3, -0.25) is 9.59 Å². The molecule has 7 nitrogen and oxygen atoms in total. The summed E-state index contributed by atoms with van der Waals surface area (Å²) in [6.45, 7) is 4.52. The maximum atomic E-state index is 13.3. The van der Waals surface area contributed by atoms with Crippen molar-refractivity contribution in [3.63, 3.8) is 0 Å². The standard InChI is InChI=1S/C25H24N2O5/c1-14-7-8-22(31-14)18(25-24(30)21(28)11-15(2)32-25)12-23(29)27-10-9-17-16-5-3-4-6-19(16)26-20(17)13-27/h3-8,11,18,26,30H,9-10,12-13H2,1-2H3/t18-/m1/s1. The molecule has 4 heterocycles. The quantitative estimate of drug-likeness (QED) is 0.505. The van der Waals surface area contributed by atoms with Crippen LogP contribution in [0.3, 0.4) is 0 Å². The SMILES string of the molecule is Cc1ccc([C@@H](CC(=O)N2CCc3c([nH]c4ccccc34)C2)c2oc(C)cc(=O)c2O)o1. The molecule has 1 aromatic carbocycles. The van der Waals surface area contributed by atoms with Crippen LogP contribution >= 0.6 is 0 Å². The molecular formula is C25H24N2O5. The van der Waals surface area contributed by atoms with E-state index in [-0.39, 0.29) is 18.1 Å². The average molecular weight is 432 g/mol. The minimum atomic E-state index is -0.701. The minimum Gasteiger partial charge on any atom is -0.502 e. The van der Waals surface area contributed by atoms with Crippen LogP contribution in [0, 0.1) is 13.8 Å². The van der Waals surface area contributed by atoms with Gasteiger partial charge in [0.05, 0.1) is 12.5 Å². The molecule has 0 bridgehead atoms. The molecule has 0 unspecified atom stereocenters. The highest BCUT2D eigenvalue weighted by atomic mass is 16.4. The molecular weight excluding hydrogens is 408 g/mol. The summed E-state index contributed by atoms with van der Waals surface area (Å²) in [6, 6.07) is 12.9. The Morgan fingerprint density at radius 2 is 1.97 bits per heavy atom. The summed E-state index contributed by atoms with van der Waals surface area (Å²) in [5, 5.41) is 11.6. The van der Waals surface area contributed by atoms with E-state index in [4.69, 9.17) is 8.83 Å². The lowest BCUT2D eigenvalue weighted by Gasteiger charge is -2.28. The van der Waals surface area contributed by atoms with Crippen LogP contribution in [0.4, 0.5) is 0 Å². The number of hydrogen-bond acceptors (Lipinski definition) is 5. The predicted octanol–water partition coefficient (Wildman–Crippen LogP) is 4.14. The van der Waals surface area contributed by atoms with Gasteiger partial charge in [-0.1, -0.05) is 18.2 Å². The molecule has 0 saturated carbocycles. The van der Waals surface area contributed by atoms with Gasteiger partial charge in [-0.15, -0.1) is 0 Å². The fourth-order valence-electron chi connectivity index (χ4n) is 4.53. The zero-order valence-corrected chi connectivity index (χ0v) is 18.0. The molecule has 0 aliphatic carbocycles. The number of aromatic hydroxyl groups is 1. The number of aromatic nitrogens is 1. The van der Waals surface area contributed by atoms with Crippen molar-refractivity contribution < 1.29 is 18.7 Å². The van der Waals surface area contributed by atoms with E-state index in [0.717, 1.165) is 17.6 Å². The molecule has 5 rings (SSSR count). The highest BCUT2D eigenvalue weighted by Crippen LogP contribution is 2.35. The summed E-state index contributed by atoms with van der Waals surface area (Å²) in [5.41, 5.74) is 2.83. The first kappa shape index (κ1) is 20.2. The largest absolute Gasteiger partial charge is 0.502 e. The van der Waals surface area contributed by atoms with Gasteiger partial charge in [-0.05, 0) is 44.0 Å². The van der Waals surface area contributed by atoms with Gasteiger partial charge in [0.1, 0.15) is 17.3 Å². The number of aromatic amines is 1. The molecule has 1 amide bonds. The van der Waals surface area contributed by atoms with Gasteiger partial charge >= 0.3 is 0 Å². The molecule has 1 aliphatic rings. The molecule has 3 aromatic heterocycles. The first-order valence-electron chi connectivity index (χ1n) is 10.7. The Balaban J connectivity index is 1.45. The maximum absolute atomic E-state index is 13.3. The smallest absolute Gasteiger partial charge is 0.227 e. The first-order valence-corrected chi connectivity index (χ1v) is 10.7.